The van der Waals surface area contributed by atoms with Gasteiger partial charge in [-0.2, -0.15) is 0 Å². The molecule has 1 saturated carbocycles. The third kappa shape index (κ3) is 2.56. The summed E-state index contributed by atoms with van der Waals surface area (Å²) in [6, 6.07) is 2.17. The smallest absolute Gasteiger partial charge is 0.226 e. The minimum Gasteiger partial charge on any atom is -0.338 e. The summed E-state index contributed by atoms with van der Waals surface area (Å²) in [6.07, 6.45) is 5.61. The Kier molecular flexibility index (Phi) is 3.89. The molecule has 19 heavy (non-hydrogen) atoms. The molecule has 1 aliphatic carbocycles. The van der Waals surface area contributed by atoms with Crippen LogP contribution in [0.15, 0.2) is 11.4 Å². The molecule has 1 fully saturated rings. The first-order chi connectivity index (χ1) is 9.29. The van der Waals surface area contributed by atoms with Crippen molar-refractivity contribution in [2.75, 3.05) is 13.1 Å². The van der Waals surface area contributed by atoms with E-state index in [-0.39, 0.29) is 5.92 Å². The fourth-order valence-electron chi connectivity index (χ4n) is 3.49. The van der Waals surface area contributed by atoms with Crippen LogP contribution in [0.3, 0.4) is 0 Å². The molecule has 104 valence electrons. The number of amides is 1. The number of nitrogens with zero attached hydrogens (tertiary/aromatic N) is 1. The average Bonchev–Trinajstić information content (AvgIpc) is 2.93. The van der Waals surface area contributed by atoms with Gasteiger partial charge in [0.25, 0.3) is 0 Å². The molecule has 1 aromatic heterocycles. The number of thiophene rings is 1. The highest BCUT2D eigenvalue weighted by atomic mass is 32.1. The van der Waals surface area contributed by atoms with Gasteiger partial charge < -0.3 is 10.6 Å². The van der Waals surface area contributed by atoms with Crippen molar-refractivity contribution in [3.8, 4) is 0 Å². The van der Waals surface area contributed by atoms with Gasteiger partial charge in [0.2, 0.25) is 5.91 Å². The number of hydrogen-bond donors (Lipinski definition) is 1. The predicted octanol–water partition coefficient (Wildman–Crippen LogP) is 2.40. The molecule has 1 amide bonds. The zero-order valence-corrected chi connectivity index (χ0v) is 12.1. The van der Waals surface area contributed by atoms with Crippen molar-refractivity contribution in [1.82, 2.24) is 4.90 Å². The summed E-state index contributed by atoms with van der Waals surface area (Å²) in [4.78, 5) is 16.3. The zero-order valence-electron chi connectivity index (χ0n) is 11.3. The molecule has 3 nitrogen and oxygen atoms in total. The molecule has 0 saturated heterocycles. The molecular weight excluding hydrogens is 256 g/mol. The van der Waals surface area contributed by atoms with E-state index in [0.717, 1.165) is 32.4 Å². The molecule has 0 bridgehead atoms. The number of nitrogens with two attached hydrogens (primary N) is 1. The van der Waals surface area contributed by atoms with Gasteiger partial charge in [0.05, 0.1) is 0 Å². The Balaban J connectivity index is 1.70. The summed E-state index contributed by atoms with van der Waals surface area (Å²) in [5.74, 6) is 0.941. The van der Waals surface area contributed by atoms with Crippen molar-refractivity contribution in [2.24, 2.45) is 17.6 Å². The second-order valence-corrected chi connectivity index (χ2v) is 6.77. The van der Waals surface area contributed by atoms with Crippen LogP contribution in [0.25, 0.3) is 0 Å². The molecule has 3 rings (SSSR count). The van der Waals surface area contributed by atoms with Gasteiger partial charge in [0.1, 0.15) is 0 Å². The zero-order chi connectivity index (χ0) is 13.2. The van der Waals surface area contributed by atoms with Crippen LogP contribution < -0.4 is 5.73 Å². The summed E-state index contributed by atoms with van der Waals surface area (Å²) in [6.45, 7) is 2.36. The van der Waals surface area contributed by atoms with Crippen LogP contribution >= 0.6 is 11.3 Å². The fourth-order valence-corrected chi connectivity index (χ4v) is 4.38. The van der Waals surface area contributed by atoms with Crippen LogP contribution in [0.1, 0.15) is 36.1 Å². The van der Waals surface area contributed by atoms with Gasteiger partial charge in [-0.15, -0.1) is 11.3 Å². The number of carbonyl (C=O) groups is 1. The van der Waals surface area contributed by atoms with Gasteiger partial charge in [0, 0.05) is 23.9 Å². The van der Waals surface area contributed by atoms with E-state index in [9.17, 15) is 4.79 Å². The van der Waals surface area contributed by atoms with Gasteiger partial charge in [-0.1, -0.05) is 12.8 Å². The lowest BCUT2D eigenvalue weighted by atomic mass is 9.78. The van der Waals surface area contributed by atoms with Gasteiger partial charge in [-0.05, 0) is 48.7 Å². The first-order valence-electron chi connectivity index (χ1n) is 7.33. The van der Waals surface area contributed by atoms with Crippen molar-refractivity contribution in [3.63, 3.8) is 0 Å². The normalized spacial score (nSPS) is 27.1. The third-order valence-corrected chi connectivity index (χ3v) is 5.67. The Hall–Kier alpha value is -0.870. The number of fused-ring (bicyclic) bond motifs is 1. The predicted molar refractivity (Wildman–Crippen MR) is 77.9 cm³/mol. The summed E-state index contributed by atoms with van der Waals surface area (Å²) in [7, 11) is 0. The number of hydrogen-bond acceptors (Lipinski definition) is 3. The van der Waals surface area contributed by atoms with E-state index in [2.05, 4.69) is 16.3 Å². The van der Waals surface area contributed by atoms with E-state index in [1.165, 1.54) is 23.3 Å². The molecule has 0 radical (unpaired) electrons. The fraction of sp³-hybridized carbons (Fsp3) is 0.667. The molecule has 2 aliphatic rings. The average molecular weight is 278 g/mol. The summed E-state index contributed by atoms with van der Waals surface area (Å²) in [5.41, 5.74) is 7.20. The first kappa shape index (κ1) is 13.1. The first-order valence-corrected chi connectivity index (χ1v) is 8.21. The van der Waals surface area contributed by atoms with Crippen LogP contribution in [-0.4, -0.2) is 23.9 Å². The molecule has 0 spiro atoms. The Morgan fingerprint density at radius 2 is 2.26 bits per heavy atom. The molecule has 1 aromatic rings. The standard InChI is InChI=1S/C15H22N2OS/c16-9-11-3-1-2-4-13(11)15(18)17-7-5-14-12(10-17)6-8-19-14/h6,8,11,13H,1-5,7,9-10,16H2. The highest BCUT2D eigenvalue weighted by Crippen LogP contribution is 2.32. The van der Waals surface area contributed by atoms with Crippen molar-refractivity contribution >= 4 is 17.2 Å². The monoisotopic (exact) mass is 278 g/mol. The van der Waals surface area contributed by atoms with Crippen LogP contribution in [-0.2, 0) is 17.8 Å². The van der Waals surface area contributed by atoms with E-state index >= 15 is 0 Å². The molecule has 2 N–H and O–H groups in total. The highest BCUT2D eigenvalue weighted by molar-refractivity contribution is 7.10. The minimum absolute atomic E-state index is 0.180. The maximum Gasteiger partial charge on any atom is 0.226 e. The van der Waals surface area contributed by atoms with E-state index in [1.54, 1.807) is 0 Å². The summed E-state index contributed by atoms with van der Waals surface area (Å²) < 4.78 is 0. The molecule has 0 aromatic carbocycles. The van der Waals surface area contributed by atoms with Crippen LogP contribution in [0.4, 0.5) is 0 Å². The van der Waals surface area contributed by atoms with Crippen molar-refractivity contribution in [1.29, 1.82) is 0 Å². The van der Waals surface area contributed by atoms with E-state index in [4.69, 9.17) is 5.73 Å². The van der Waals surface area contributed by atoms with E-state index in [1.807, 2.05) is 11.3 Å². The molecule has 2 unspecified atom stereocenters. The topological polar surface area (TPSA) is 46.3 Å². The number of carbonyl (C=O) groups excluding carboxylic acids is 1. The molecule has 4 heteroatoms. The summed E-state index contributed by atoms with van der Waals surface area (Å²) in [5, 5.41) is 2.14. The molecule has 2 atom stereocenters. The third-order valence-electron chi connectivity index (χ3n) is 4.65. The Morgan fingerprint density at radius 1 is 1.42 bits per heavy atom. The largest absolute Gasteiger partial charge is 0.338 e. The second-order valence-electron chi connectivity index (χ2n) is 5.77. The Morgan fingerprint density at radius 3 is 3.11 bits per heavy atom. The molecule has 1 aliphatic heterocycles. The van der Waals surface area contributed by atoms with E-state index in [0.29, 0.717) is 18.4 Å². The maximum atomic E-state index is 12.7. The van der Waals surface area contributed by atoms with Crippen molar-refractivity contribution < 1.29 is 4.79 Å². The lowest BCUT2D eigenvalue weighted by Crippen LogP contribution is -2.44. The van der Waals surface area contributed by atoms with Crippen LogP contribution in [0.2, 0.25) is 0 Å². The van der Waals surface area contributed by atoms with Gasteiger partial charge in [0.15, 0.2) is 0 Å². The lowest BCUT2D eigenvalue weighted by molar-refractivity contribution is -0.139. The Bertz CT molecular complexity index is 457. The van der Waals surface area contributed by atoms with Gasteiger partial charge >= 0.3 is 0 Å². The van der Waals surface area contributed by atoms with Crippen molar-refractivity contribution in [2.45, 2.75) is 38.6 Å². The molecule has 2 heterocycles. The lowest BCUT2D eigenvalue weighted by Gasteiger charge is -2.35. The Labute approximate surface area is 118 Å². The summed E-state index contributed by atoms with van der Waals surface area (Å²) >= 11 is 1.82. The van der Waals surface area contributed by atoms with Gasteiger partial charge in [-0.25, -0.2) is 0 Å². The quantitative estimate of drug-likeness (QED) is 0.903. The SMILES string of the molecule is NCC1CCCCC1C(=O)N1CCc2sccc2C1. The second kappa shape index (κ2) is 5.63. The highest BCUT2D eigenvalue weighted by Gasteiger charge is 2.34. The van der Waals surface area contributed by atoms with E-state index < -0.39 is 0 Å². The number of rotatable bonds is 2. The molecular formula is C15H22N2OS. The minimum atomic E-state index is 0.180. The van der Waals surface area contributed by atoms with Crippen molar-refractivity contribution in [3.05, 3.63) is 21.9 Å². The van der Waals surface area contributed by atoms with Crippen LogP contribution in [0, 0.1) is 11.8 Å². The van der Waals surface area contributed by atoms with Gasteiger partial charge in [-0.3, -0.25) is 4.79 Å². The maximum absolute atomic E-state index is 12.7. The van der Waals surface area contributed by atoms with Crippen LogP contribution in [0.5, 0.6) is 0 Å².